The van der Waals surface area contributed by atoms with E-state index >= 15 is 0 Å². The van der Waals surface area contributed by atoms with Crippen LogP contribution in [-0.4, -0.2) is 30.3 Å². The first-order valence-corrected chi connectivity index (χ1v) is 5.21. The molecule has 1 atom stereocenters. The summed E-state index contributed by atoms with van der Waals surface area (Å²) in [6.07, 6.45) is 1.68. The Morgan fingerprint density at radius 1 is 1.31 bits per heavy atom. The van der Waals surface area contributed by atoms with Crippen LogP contribution in [0.5, 0.6) is 0 Å². The molecule has 0 aliphatic rings. The standard InChI is InChI=1S/C11H23NO/c1-6-7-11(13)8-12(5)10(4)9(2)3/h9-10H,6-8H2,1-5H3. The second kappa shape index (κ2) is 6.14. The summed E-state index contributed by atoms with van der Waals surface area (Å²) in [5, 5.41) is 0. The van der Waals surface area contributed by atoms with Gasteiger partial charge in [0, 0.05) is 12.5 Å². The molecule has 2 heteroatoms. The minimum absolute atomic E-state index is 0.359. The van der Waals surface area contributed by atoms with Crippen molar-refractivity contribution < 1.29 is 4.79 Å². The highest BCUT2D eigenvalue weighted by atomic mass is 16.1. The lowest BCUT2D eigenvalue weighted by Gasteiger charge is -2.27. The molecule has 0 saturated heterocycles. The van der Waals surface area contributed by atoms with Crippen LogP contribution < -0.4 is 0 Å². The highest BCUT2D eigenvalue weighted by molar-refractivity contribution is 5.80. The third-order valence-electron chi connectivity index (χ3n) is 2.61. The van der Waals surface area contributed by atoms with E-state index in [1.807, 2.05) is 14.0 Å². The Bertz CT molecular complexity index is 154. The van der Waals surface area contributed by atoms with E-state index in [1.165, 1.54) is 0 Å². The fraction of sp³-hybridized carbons (Fsp3) is 0.909. The lowest BCUT2D eigenvalue weighted by Crippen LogP contribution is -2.37. The quantitative estimate of drug-likeness (QED) is 0.633. The van der Waals surface area contributed by atoms with Crippen molar-refractivity contribution in [1.29, 1.82) is 0 Å². The van der Waals surface area contributed by atoms with E-state index in [-0.39, 0.29) is 0 Å². The summed E-state index contributed by atoms with van der Waals surface area (Å²) in [7, 11) is 2.03. The average molecular weight is 185 g/mol. The molecule has 0 fully saturated rings. The fourth-order valence-electron chi connectivity index (χ4n) is 1.29. The zero-order chi connectivity index (χ0) is 10.4. The van der Waals surface area contributed by atoms with Gasteiger partial charge in [-0.1, -0.05) is 20.8 Å². The molecular formula is C11H23NO. The Morgan fingerprint density at radius 2 is 1.85 bits per heavy atom. The Labute approximate surface area is 82.3 Å². The van der Waals surface area contributed by atoms with Gasteiger partial charge in [0.15, 0.2) is 0 Å². The van der Waals surface area contributed by atoms with Crippen molar-refractivity contribution in [2.24, 2.45) is 5.92 Å². The summed E-state index contributed by atoms with van der Waals surface area (Å²) in [4.78, 5) is 13.5. The SMILES string of the molecule is CCCC(=O)CN(C)C(C)C(C)C. The molecule has 0 radical (unpaired) electrons. The first-order chi connectivity index (χ1) is 5.99. The molecule has 0 spiro atoms. The van der Waals surface area contributed by atoms with Gasteiger partial charge in [-0.15, -0.1) is 0 Å². The van der Waals surface area contributed by atoms with Crippen LogP contribution in [0.25, 0.3) is 0 Å². The molecule has 78 valence electrons. The van der Waals surface area contributed by atoms with Gasteiger partial charge >= 0.3 is 0 Å². The number of Topliss-reactive ketones (excluding diaryl/α,β-unsaturated/α-hetero) is 1. The van der Waals surface area contributed by atoms with Gasteiger partial charge in [0.05, 0.1) is 6.54 Å². The molecule has 0 aromatic heterocycles. The van der Waals surface area contributed by atoms with Gasteiger partial charge in [0.1, 0.15) is 5.78 Å². The van der Waals surface area contributed by atoms with Crippen molar-refractivity contribution in [2.75, 3.05) is 13.6 Å². The number of ketones is 1. The van der Waals surface area contributed by atoms with Crippen molar-refractivity contribution in [3.63, 3.8) is 0 Å². The van der Waals surface area contributed by atoms with Crippen LogP contribution in [0.15, 0.2) is 0 Å². The maximum Gasteiger partial charge on any atom is 0.146 e. The van der Waals surface area contributed by atoms with E-state index < -0.39 is 0 Å². The maximum atomic E-state index is 11.3. The van der Waals surface area contributed by atoms with Gasteiger partial charge in [0.2, 0.25) is 0 Å². The molecule has 2 nitrogen and oxygen atoms in total. The molecule has 0 N–H and O–H groups in total. The van der Waals surface area contributed by atoms with Crippen molar-refractivity contribution in [3.05, 3.63) is 0 Å². The first-order valence-electron chi connectivity index (χ1n) is 5.21. The molecule has 0 aliphatic heterocycles. The lowest BCUT2D eigenvalue weighted by molar-refractivity contribution is -0.120. The number of nitrogens with zero attached hydrogens (tertiary/aromatic N) is 1. The predicted octanol–water partition coefficient (Wildman–Crippen LogP) is 2.33. The van der Waals surface area contributed by atoms with Crippen molar-refractivity contribution in [3.8, 4) is 0 Å². The molecule has 0 aromatic rings. The van der Waals surface area contributed by atoms with Crippen LogP contribution >= 0.6 is 0 Å². The third kappa shape index (κ3) is 5.04. The van der Waals surface area contributed by atoms with E-state index in [4.69, 9.17) is 0 Å². The molecule has 0 saturated carbocycles. The van der Waals surface area contributed by atoms with E-state index in [0.29, 0.717) is 24.3 Å². The van der Waals surface area contributed by atoms with Crippen LogP contribution in [-0.2, 0) is 4.79 Å². The van der Waals surface area contributed by atoms with Gasteiger partial charge in [-0.05, 0) is 26.3 Å². The second-order valence-electron chi connectivity index (χ2n) is 4.19. The Kier molecular flexibility index (Phi) is 5.97. The number of hydrogen-bond donors (Lipinski definition) is 0. The van der Waals surface area contributed by atoms with Gasteiger partial charge in [-0.3, -0.25) is 9.69 Å². The van der Waals surface area contributed by atoms with Crippen molar-refractivity contribution in [2.45, 2.75) is 46.6 Å². The summed E-state index contributed by atoms with van der Waals surface area (Å²) < 4.78 is 0. The van der Waals surface area contributed by atoms with Crippen LogP contribution in [0.3, 0.4) is 0 Å². The molecule has 0 bridgehead atoms. The summed E-state index contributed by atoms with van der Waals surface area (Å²) >= 11 is 0. The molecule has 0 aromatic carbocycles. The lowest BCUT2D eigenvalue weighted by atomic mass is 10.0. The topological polar surface area (TPSA) is 20.3 Å². The second-order valence-corrected chi connectivity index (χ2v) is 4.19. The monoisotopic (exact) mass is 185 g/mol. The number of carbonyl (C=O) groups is 1. The largest absolute Gasteiger partial charge is 0.298 e. The van der Waals surface area contributed by atoms with Crippen LogP contribution in [0.4, 0.5) is 0 Å². The predicted molar refractivity (Wildman–Crippen MR) is 56.8 cm³/mol. The minimum atomic E-state index is 0.359. The van der Waals surface area contributed by atoms with E-state index in [9.17, 15) is 4.79 Å². The van der Waals surface area contributed by atoms with Crippen LogP contribution in [0.2, 0.25) is 0 Å². The number of likely N-dealkylation sites (N-methyl/N-ethyl adjacent to an activating group) is 1. The third-order valence-corrected chi connectivity index (χ3v) is 2.61. The van der Waals surface area contributed by atoms with E-state index in [2.05, 4.69) is 25.7 Å². The zero-order valence-electron chi connectivity index (χ0n) is 9.63. The normalized spacial score (nSPS) is 13.8. The highest BCUT2D eigenvalue weighted by Crippen LogP contribution is 2.07. The fourth-order valence-corrected chi connectivity index (χ4v) is 1.29. The molecule has 13 heavy (non-hydrogen) atoms. The summed E-state index contributed by atoms with van der Waals surface area (Å²) in [5.74, 6) is 0.969. The van der Waals surface area contributed by atoms with Gasteiger partial charge in [-0.25, -0.2) is 0 Å². The van der Waals surface area contributed by atoms with Crippen LogP contribution in [0, 0.1) is 5.92 Å². The molecule has 0 amide bonds. The number of carbonyl (C=O) groups excluding carboxylic acids is 1. The van der Waals surface area contributed by atoms with Gasteiger partial charge in [0.25, 0.3) is 0 Å². The van der Waals surface area contributed by atoms with Crippen molar-refractivity contribution >= 4 is 5.78 Å². The van der Waals surface area contributed by atoms with Crippen LogP contribution in [0.1, 0.15) is 40.5 Å². The Hall–Kier alpha value is -0.370. The Morgan fingerprint density at radius 3 is 2.23 bits per heavy atom. The van der Waals surface area contributed by atoms with Gasteiger partial charge in [-0.2, -0.15) is 0 Å². The summed E-state index contributed by atoms with van der Waals surface area (Å²) in [6, 6.07) is 0.487. The van der Waals surface area contributed by atoms with E-state index in [1.54, 1.807) is 0 Å². The Balaban J connectivity index is 3.85. The molecule has 0 aliphatic carbocycles. The molecule has 0 heterocycles. The first kappa shape index (κ1) is 12.6. The summed E-state index contributed by atoms with van der Waals surface area (Å²) in [6.45, 7) is 9.19. The molecule has 1 unspecified atom stereocenters. The number of rotatable bonds is 6. The highest BCUT2D eigenvalue weighted by Gasteiger charge is 2.14. The number of hydrogen-bond acceptors (Lipinski definition) is 2. The minimum Gasteiger partial charge on any atom is -0.298 e. The smallest absolute Gasteiger partial charge is 0.146 e. The van der Waals surface area contributed by atoms with E-state index in [0.717, 1.165) is 12.8 Å². The zero-order valence-corrected chi connectivity index (χ0v) is 9.63. The van der Waals surface area contributed by atoms with Gasteiger partial charge < -0.3 is 0 Å². The molecule has 0 rings (SSSR count). The molecular weight excluding hydrogens is 162 g/mol. The summed E-state index contributed by atoms with van der Waals surface area (Å²) in [5.41, 5.74) is 0. The maximum absolute atomic E-state index is 11.3. The average Bonchev–Trinajstić information content (AvgIpc) is 2.03. The van der Waals surface area contributed by atoms with Crippen molar-refractivity contribution in [1.82, 2.24) is 4.90 Å².